The van der Waals surface area contributed by atoms with Crippen molar-refractivity contribution in [1.29, 1.82) is 0 Å². The highest BCUT2D eigenvalue weighted by atomic mass is 16.6. The quantitative estimate of drug-likeness (QED) is 0.327. The van der Waals surface area contributed by atoms with Crippen LogP contribution < -0.4 is 0 Å². The normalized spacial score (nSPS) is 43.8. The molecule has 0 aromatic carbocycles. The molecular formula is C33H44O10. The van der Waals surface area contributed by atoms with E-state index in [1.165, 1.54) is 14.0 Å². The van der Waals surface area contributed by atoms with Gasteiger partial charge in [-0.2, -0.15) is 0 Å². The largest absolute Gasteiger partial charge is 0.472 e. The second-order valence-corrected chi connectivity index (χ2v) is 15.0. The number of furan rings is 1. The van der Waals surface area contributed by atoms with Gasteiger partial charge >= 0.3 is 23.9 Å². The summed E-state index contributed by atoms with van der Waals surface area (Å²) in [6.45, 7) is 13.1. The van der Waals surface area contributed by atoms with E-state index in [1.54, 1.807) is 26.4 Å². The highest BCUT2D eigenvalue weighted by molar-refractivity contribution is 5.74. The summed E-state index contributed by atoms with van der Waals surface area (Å²) in [6.07, 6.45) is 3.10. The minimum atomic E-state index is -1.32. The van der Waals surface area contributed by atoms with Crippen LogP contribution in [0.15, 0.2) is 23.0 Å². The summed E-state index contributed by atoms with van der Waals surface area (Å²) in [7, 11) is 1.37. The van der Waals surface area contributed by atoms with Gasteiger partial charge in [-0.3, -0.25) is 19.2 Å². The van der Waals surface area contributed by atoms with Crippen molar-refractivity contribution in [2.75, 3.05) is 7.11 Å². The molecule has 236 valence electrons. The molecule has 4 heterocycles. The number of ether oxygens (including phenoxy) is 5. The average molecular weight is 601 g/mol. The van der Waals surface area contributed by atoms with Gasteiger partial charge in [0, 0.05) is 47.5 Å². The van der Waals surface area contributed by atoms with Crippen molar-refractivity contribution in [2.45, 2.75) is 110 Å². The van der Waals surface area contributed by atoms with E-state index in [0.717, 1.165) is 18.4 Å². The van der Waals surface area contributed by atoms with Crippen molar-refractivity contribution < 1.29 is 47.3 Å². The fourth-order valence-corrected chi connectivity index (χ4v) is 10.6. The maximum atomic E-state index is 13.3. The lowest BCUT2D eigenvalue weighted by atomic mass is 9.37. The predicted octanol–water partition coefficient (Wildman–Crippen LogP) is 4.94. The van der Waals surface area contributed by atoms with Crippen molar-refractivity contribution in [1.82, 2.24) is 0 Å². The van der Waals surface area contributed by atoms with Gasteiger partial charge in [0.25, 0.3) is 0 Å². The zero-order valence-electron chi connectivity index (χ0n) is 26.4. The van der Waals surface area contributed by atoms with Crippen LogP contribution in [-0.2, 0) is 42.9 Å². The fraction of sp³-hybridized carbons (Fsp3) is 0.758. The zero-order valence-corrected chi connectivity index (χ0v) is 26.4. The standard InChI is InChI=1S/C33H44O10/c1-17(2)26(37)41-27-29(4,5)21(13-23(35)38-8)31(7)20-9-11-30(6)22(14-24(36)40-25(30)19-10-12-39-15-19)32(20)16-33(27,28(31)43-32)42-18(3)34/h10,12,15,17,20-22,25,27-28H,9,11,13-14,16H2,1-8H3/t20?,21-,22?,25-,27-,28?,30+,31-,32+,33-/m0/s1. The third-order valence-corrected chi connectivity index (χ3v) is 12.1. The summed E-state index contributed by atoms with van der Waals surface area (Å²) in [4.78, 5) is 52.6. The number of methoxy groups -OCH3 is 1. The van der Waals surface area contributed by atoms with Gasteiger partial charge in [0.2, 0.25) is 0 Å². The van der Waals surface area contributed by atoms with Gasteiger partial charge in [0.05, 0.1) is 37.6 Å². The van der Waals surface area contributed by atoms with Crippen LogP contribution in [-0.4, -0.2) is 54.4 Å². The number of hydrogen-bond donors (Lipinski definition) is 0. The Kier molecular flexibility index (Phi) is 6.70. The lowest BCUT2D eigenvalue weighted by molar-refractivity contribution is -0.277. The Labute approximate surface area is 252 Å². The Hall–Kier alpha value is -2.88. The van der Waals surface area contributed by atoms with Crippen LogP contribution in [0.5, 0.6) is 0 Å². The summed E-state index contributed by atoms with van der Waals surface area (Å²) in [5, 5.41) is 0. The van der Waals surface area contributed by atoms with Crippen molar-refractivity contribution in [3.05, 3.63) is 24.2 Å². The fourth-order valence-electron chi connectivity index (χ4n) is 10.6. The maximum absolute atomic E-state index is 13.3. The molecule has 10 nitrogen and oxygen atoms in total. The molecule has 2 bridgehead atoms. The Morgan fingerprint density at radius 2 is 1.84 bits per heavy atom. The Morgan fingerprint density at radius 1 is 1.12 bits per heavy atom. The molecule has 2 aliphatic carbocycles. The van der Waals surface area contributed by atoms with E-state index in [4.69, 9.17) is 28.1 Å². The number of hydrogen-bond acceptors (Lipinski definition) is 10. The molecule has 1 aromatic heterocycles. The number of cyclic esters (lactones) is 1. The van der Waals surface area contributed by atoms with Crippen LogP contribution in [0.4, 0.5) is 0 Å². The van der Waals surface area contributed by atoms with Gasteiger partial charge in [-0.1, -0.05) is 41.5 Å². The minimum Gasteiger partial charge on any atom is -0.472 e. The number of esters is 4. The highest BCUT2D eigenvalue weighted by Crippen LogP contribution is 2.79. The first-order valence-corrected chi connectivity index (χ1v) is 15.4. The van der Waals surface area contributed by atoms with E-state index in [0.29, 0.717) is 0 Å². The zero-order chi connectivity index (χ0) is 31.3. The smallest absolute Gasteiger partial charge is 0.308 e. The number of carbonyl (C=O) groups is 4. The van der Waals surface area contributed by atoms with Crippen LogP contribution in [0, 0.1) is 39.9 Å². The van der Waals surface area contributed by atoms with Crippen LogP contribution in [0.1, 0.15) is 92.2 Å². The van der Waals surface area contributed by atoms with Gasteiger partial charge in [0.15, 0.2) is 5.60 Å². The van der Waals surface area contributed by atoms with E-state index >= 15 is 0 Å². The van der Waals surface area contributed by atoms with E-state index in [-0.39, 0.29) is 49.0 Å². The SMILES string of the molecule is COC(=O)C[C@H]1C(C)(C)[C@H](OC(=O)C(C)C)[C@@]2(OC(C)=O)C[C@@]34OC2[C@@]1(C)C3CC[C@]1(C)C4CC(=O)O[C@H]1c1ccoc1. The molecular weight excluding hydrogens is 556 g/mol. The van der Waals surface area contributed by atoms with E-state index in [9.17, 15) is 19.2 Å². The van der Waals surface area contributed by atoms with E-state index in [2.05, 4.69) is 13.8 Å². The predicted molar refractivity (Wildman–Crippen MR) is 150 cm³/mol. The summed E-state index contributed by atoms with van der Waals surface area (Å²) in [5.41, 5.74) is -3.39. The van der Waals surface area contributed by atoms with E-state index in [1.807, 2.05) is 19.9 Å². The van der Waals surface area contributed by atoms with Gasteiger partial charge in [0.1, 0.15) is 18.3 Å². The molecule has 6 rings (SSSR count). The molecule has 0 N–H and O–H groups in total. The highest BCUT2D eigenvalue weighted by Gasteiger charge is 2.87. The monoisotopic (exact) mass is 600 g/mol. The number of fused-ring (bicyclic) bond motifs is 2. The Morgan fingerprint density at radius 3 is 2.44 bits per heavy atom. The summed E-state index contributed by atoms with van der Waals surface area (Å²) < 4.78 is 36.5. The first-order valence-electron chi connectivity index (χ1n) is 15.4. The van der Waals surface area contributed by atoms with Crippen LogP contribution in [0.25, 0.3) is 0 Å². The molecule has 3 unspecified atom stereocenters. The van der Waals surface area contributed by atoms with Crippen molar-refractivity contribution in [2.24, 2.45) is 39.9 Å². The first kappa shape index (κ1) is 30.2. The topological polar surface area (TPSA) is 128 Å². The van der Waals surface area contributed by atoms with Gasteiger partial charge in [-0.05, 0) is 30.7 Å². The third kappa shape index (κ3) is 3.86. The average Bonchev–Trinajstić information content (AvgIpc) is 3.63. The van der Waals surface area contributed by atoms with Gasteiger partial charge < -0.3 is 28.1 Å². The minimum absolute atomic E-state index is 0.0571. The van der Waals surface area contributed by atoms with Crippen molar-refractivity contribution in [3.8, 4) is 0 Å². The lowest BCUT2D eigenvalue weighted by Crippen LogP contribution is -2.76. The summed E-state index contributed by atoms with van der Waals surface area (Å²) in [6, 6.07) is 1.83. The number of rotatable bonds is 6. The summed E-state index contributed by atoms with van der Waals surface area (Å²) in [5.74, 6) is -2.73. The van der Waals surface area contributed by atoms with Crippen molar-refractivity contribution in [3.63, 3.8) is 0 Å². The maximum Gasteiger partial charge on any atom is 0.308 e. The molecule has 10 heteroatoms. The van der Waals surface area contributed by atoms with Gasteiger partial charge in [-0.25, -0.2) is 0 Å². The molecule has 1 spiro atoms. The molecule has 1 aromatic rings. The molecule has 0 radical (unpaired) electrons. The molecule has 0 amide bonds. The first-order chi connectivity index (χ1) is 20.1. The summed E-state index contributed by atoms with van der Waals surface area (Å²) >= 11 is 0. The Balaban J connectivity index is 1.56. The third-order valence-electron chi connectivity index (χ3n) is 12.1. The van der Waals surface area contributed by atoms with Gasteiger partial charge in [-0.15, -0.1) is 0 Å². The molecule has 2 saturated carbocycles. The van der Waals surface area contributed by atoms with Crippen LogP contribution in [0.3, 0.4) is 0 Å². The van der Waals surface area contributed by atoms with E-state index < -0.39 is 63.6 Å². The molecule has 3 aliphatic heterocycles. The molecule has 5 fully saturated rings. The van der Waals surface area contributed by atoms with Crippen LogP contribution in [0.2, 0.25) is 0 Å². The lowest BCUT2D eigenvalue weighted by Gasteiger charge is -2.68. The molecule has 10 atom stereocenters. The molecule has 43 heavy (non-hydrogen) atoms. The van der Waals surface area contributed by atoms with Crippen LogP contribution >= 0.6 is 0 Å². The second-order valence-electron chi connectivity index (χ2n) is 15.0. The molecule has 3 saturated heterocycles. The number of carbonyl (C=O) groups excluding carboxylic acids is 4. The molecule has 5 aliphatic rings. The Bertz CT molecular complexity index is 1330. The second kappa shape index (κ2) is 9.56. The van der Waals surface area contributed by atoms with Crippen molar-refractivity contribution >= 4 is 23.9 Å².